The summed E-state index contributed by atoms with van der Waals surface area (Å²) in [4.78, 5) is 25.1. The Balaban J connectivity index is 1.74. The van der Waals surface area contributed by atoms with E-state index in [0.717, 1.165) is 23.2 Å². The third-order valence-electron chi connectivity index (χ3n) is 4.21. The van der Waals surface area contributed by atoms with Crippen LogP contribution in [0.2, 0.25) is 0 Å². The molecule has 1 amide bonds. The molecular formula is C18H18BrN3O4. The first-order chi connectivity index (χ1) is 12.5. The first-order valence-electron chi connectivity index (χ1n) is 8.14. The van der Waals surface area contributed by atoms with Crippen molar-refractivity contribution in [3.63, 3.8) is 0 Å². The summed E-state index contributed by atoms with van der Waals surface area (Å²) in [6.45, 7) is 4.66. The van der Waals surface area contributed by atoms with Gasteiger partial charge in [-0.3, -0.25) is 14.9 Å². The number of hydrogen-bond donors (Lipinski definition) is 1. The van der Waals surface area contributed by atoms with E-state index in [1.165, 1.54) is 18.2 Å². The van der Waals surface area contributed by atoms with Crippen LogP contribution >= 0.6 is 15.9 Å². The van der Waals surface area contributed by atoms with Crippen LogP contribution in [0.15, 0.2) is 40.9 Å². The quantitative estimate of drug-likeness (QED) is 0.602. The predicted molar refractivity (Wildman–Crippen MR) is 103 cm³/mol. The van der Waals surface area contributed by atoms with Crippen LogP contribution in [0.25, 0.3) is 0 Å². The number of aryl methyl sites for hydroxylation is 1. The van der Waals surface area contributed by atoms with Gasteiger partial charge in [0.2, 0.25) is 0 Å². The molecule has 0 saturated carbocycles. The predicted octanol–water partition coefficient (Wildman–Crippen LogP) is 3.75. The molecule has 1 saturated heterocycles. The summed E-state index contributed by atoms with van der Waals surface area (Å²) < 4.78 is 6.25. The van der Waals surface area contributed by atoms with Gasteiger partial charge in [0.25, 0.3) is 11.6 Å². The monoisotopic (exact) mass is 419 g/mol. The lowest BCUT2D eigenvalue weighted by molar-refractivity contribution is -0.385. The van der Waals surface area contributed by atoms with Crippen LogP contribution in [0.3, 0.4) is 0 Å². The van der Waals surface area contributed by atoms with Gasteiger partial charge in [-0.15, -0.1) is 0 Å². The maximum absolute atomic E-state index is 12.4. The van der Waals surface area contributed by atoms with E-state index in [2.05, 4.69) is 26.1 Å². The zero-order valence-electron chi connectivity index (χ0n) is 14.2. The normalized spacial score (nSPS) is 14.2. The summed E-state index contributed by atoms with van der Waals surface area (Å²) in [6.07, 6.45) is 0. The van der Waals surface area contributed by atoms with E-state index >= 15 is 0 Å². The van der Waals surface area contributed by atoms with E-state index in [1.54, 1.807) is 6.92 Å². The van der Waals surface area contributed by atoms with Gasteiger partial charge < -0.3 is 15.0 Å². The number of anilines is 2. The van der Waals surface area contributed by atoms with Crippen molar-refractivity contribution in [2.45, 2.75) is 6.92 Å². The molecule has 7 nitrogen and oxygen atoms in total. The third kappa shape index (κ3) is 4.03. The fourth-order valence-electron chi connectivity index (χ4n) is 2.85. The number of ether oxygens (including phenoxy) is 1. The van der Waals surface area contributed by atoms with Crippen molar-refractivity contribution in [3.8, 4) is 0 Å². The van der Waals surface area contributed by atoms with E-state index in [0.29, 0.717) is 30.0 Å². The molecule has 1 heterocycles. The lowest BCUT2D eigenvalue weighted by Crippen LogP contribution is -2.36. The molecule has 3 rings (SSSR count). The molecule has 0 spiro atoms. The lowest BCUT2D eigenvalue weighted by Gasteiger charge is -2.29. The van der Waals surface area contributed by atoms with Gasteiger partial charge in [-0.25, -0.2) is 0 Å². The van der Waals surface area contributed by atoms with Gasteiger partial charge in [0.1, 0.15) is 0 Å². The van der Waals surface area contributed by atoms with Gasteiger partial charge >= 0.3 is 0 Å². The number of carbonyl (C=O) groups excluding carboxylic acids is 1. The molecule has 0 atom stereocenters. The molecule has 26 heavy (non-hydrogen) atoms. The highest BCUT2D eigenvalue weighted by Gasteiger charge is 2.16. The summed E-state index contributed by atoms with van der Waals surface area (Å²) in [7, 11) is 0. The first kappa shape index (κ1) is 18.3. The minimum atomic E-state index is -0.460. The van der Waals surface area contributed by atoms with Gasteiger partial charge in [0.15, 0.2) is 0 Å². The molecule has 136 valence electrons. The van der Waals surface area contributed by atoms with Crippen molar-refractivity contribution in [3.05, 3.63) is 62.1 Å². The second-order valence-corrected chi connectivity index (χ2v) is 6.83. The van der Waals surface area contributed by atoms with E-state index in [4.69, 9.17) is 4.74 Å². The van der Waals surface area contributed by atoms with E-state index < -0.39 is 4.92 Å². The standard InChI is InChI=1S/C18H18BrN3O4/c1-12-10-13(2-4-16(12)22(24)25)18(23)20-14-3-5-17(15(19)11-14)21-6-8-26-9-7-21/h2-5,10-11H,6-9H2,1H3,(H,20,23). The number of nitro groups is 1. The molecule has 0 unspecified atom stereocenters. The number of benzene rings is 2. The van der Waals surface area contributed by atoms with Crippen molar-refractivity contribution in [2.24, 2.45) is 0 Å². The average molecular weight is 420 g/mol. The van der Waals surface area contributed by atoms with Gasteiger partial charge in [0, 0.05) is 40.4 Å². The van der Waals surface area contributed by atoms with Crippen LogP contribution in [-0.2, 0) is 4.74 Å². The summed E-state index contributed by atoms with van der Waals surface area (Å²) in [5.41, 5.74) is 2.53. The number of nitrogens with zero attached hydrogens (tertiary/aromatic N) is 2. The molecular weight excluding hydrogens is 402 g/mol. The summed E-state index contributed by atoms with van der Waals surface area (Å²) in [5.74, 6) is -0.311. The third-order valence-corrected chi connectivity index (χ3v) is 4.85. The Morgan fingerprint density at radius 1 is 1.23 bits per heavy atom. The van der Waals surface area contributed by atoms with Gasteiger partial charge in [-0.05, 0) is 53.2 Å². The van der Waals surface area contributed by atoms with Crippen molar-refractivity contribution >= 4 is 38.9 Å². The molecule has 2 aromatic carbocycles. The van der Waals surface area contributed by atoms with Crippen molar-refractivity contribution in [1.82, 2.24) is 0 Å². The maximum atomic E-state index is 12.4. The number of hydrogen-bond acceptors (Lipinski definition) is 5. The summed E-state index contributed by atoms with van der Waals surface area (Å²) >= 11 is 3.56. The number of carbonyl (C=O) groups is 1. The minimum absolute atomic E-state index is 0.000779. The van der Waals surface area contributed by atoms with E-state index in [-0.39, 0.29) is 11.6 Å². The lowest BCUT2D eigenvalue weighted by atomic mass is 10.1. The van der Waals surface area contributed by atoms with Gasteiger partial charge in [0.05, 0.1) is 23.8 Å². The molecule has 1 N–H and O–H groups in total. The Morgan fingerprint density at radius 2 is 1.96 bits per heavy atom. The maximum Gasteiger partial charge on any atom is 0.272 e. The summed E-state index contributed by atoms with van der Waals surface area (Å²) in [5, 5.41) is 13.7. The highest BCUT2D eigenvalue weighted by Crippen LogP contribution is 2.30. The number of rotatable bonds is 4. The van der Waals surface area contributed by atoms with Crippen molar-refractivity contribution in [1.29, 1.82) is 0 Å². The van der Waals surface area contributed by atoms with Crippen LogP contribution in [-0.4, -0.2) is 37.1 Å². The van der Waals surface area contributed by atoms with Crippen LogP contribution < -0.4 is 10.2 Å². The second-order valence-electron chi connectivity index (χ2n) is 5.98. The highest BCUT2D eigenvalue weighted by molar-refractivity contribution is 9.10. The topological polar surface area (TPSA) is 84.7 Å². The molecule has 1 fully saturated rings. The molecule has 1 aliphatic rings. The minimum Gasteiger partial charge on any atom is -0.378 e. The molecule has 0 radical (unpaired) electrons. The first-order valence-corrected chi connectivity index (χ1v) is 8.93. The highest BCUT2D eigenvalue weighted by atomic mass is 79.9. The Hall–Kier alpha value is -2.45. The number of morpholine rings is 1. The van der Waals surface area contributed by atoms with E-state index in [9.17, 15) is 14.9 Å². The number of nitrogens with one attached hydrogen (secondary N) is 1. The van der Waals surface area contributed by atoms with Crippen LogP contribution in [0.4, 0.5) is 17.1 Å². The Labute approximate surface area is 159 Å². The molecule has 2 aromatic rings. The Kier molecular flexibility index (Phi) is 5.53. The molecule has 0 aromatic heterocycles. The largest absolute Gasteiger partial charge is 0.378 e. The number of halogens is 1. The van der Waals surface area contributed by atoms with Gasteiger partial charge in [-0.2, -0.15) is 0 Å². The van der Waals surface area contributed by atoms with Crippen LogP contribution in [0.5, 0.6) is 0 Å². The van der Waals surface area contributed by atoms with Gasteiger partial charge in [-0.1, -0.05) is 0 Å². The zero-order valence-corrected chi connectivity index (χ0v) is 15.8. The van der Waals surface area contributed by atoms with E-state index in [1.807, 2.05) is 18.2 Å². The summed E-state index contributed by atoms with van der Waals surface area (Å²) in [6, 6.07) is 9.96. The Bertz CT molecular complexity index is 850. The molecule has 0 aliphatic carbocycles. The number of nitro benzene ring substituents is 1. The smallest absolute Gasteiger partial charge is 0.272 e. The number of amides is 1. The average Bonchev–Trinajstić information content (AvgIpc) is 2.62. The van der Waals surface area contributed by atoms with Crippen LogP contribution in [0.1, 0.15) is 15.9 Å². The Morgan fingerprint density at radius 3 is 2.58 bits per heavy atom. The molecule has 1 aliphatic heterocycles. The van der Waals surface area contributed by atoms with Crippen molar-refractivity contribution in [2.75, 3.05) is 36.5 Å². The molecule has 0 bridgehead atoms. The van der Waals surface area contributed by atoms with Crippen LogP contribution in [0, 0.1) is 17.0 Å². The fraction of sp³-hybridized carbons (Fsp3) is 0.278. The fourth-order valence-corrected chi connectivity index (χ4v) is 3.48. The molecule has 8 heteroatoms. The van der Waals surface area contributed by atoms with Crippen molar-refractivity contribution < 1.29 is 14.5 Å². The zero-order chi connectivity index (χ0) is 18.7. The SMILES string of the molecule is Cc1cc(C(=O)Nc2ccc(N3CCOCC3)c(Br)c2)ccc1[N+](=O)[O-]. The second kappa shape index (κ2) is 7.84.